The highest BCUT2D eigenvalue weighted by molar-refractivity contribution is 4.99. The highest BCUT2D eigenvalue weighted by atomic mass is 19.4. The summed E-state index contributed by atoms with van der Waals surface area (Å²) < 4.78 is 35.8. The normalized spacial score (nSPS) is 30.6. The zero-order valence-corrected chi connectivity index (χ0v) is 9.45. The van der Waals surface area contributed by atoms with Gasteiger partial charge in [0, 0.05) is 6.42 Å². The molecule has 0 aliphatic heterocycles. The lowest BCUT2D eigenvalue weighted by Gasteiger charge is -2.12. The number of hydrogen-bond donors (Lipinski definition) is 1. The molecule has 0 bridgehead atoms. The van der Waals surface area contributed by atoms with E-state index in [9.17, 15) is 13.2 Å². The summed E-state index contributed by atoms with van der Waals surface area (Å²) in [6, 6.07) is 0. The molecule has 0 heterocycles. The summed E-state index contributed by atoms with van der Waals surface area (Å²) in [6.45, 7) is 6.04. The van der Waals surface area contributed by atoms with E-state index in [0.717, 1.165) is 19.5 Å². The van der Waals surface area contributed by atoms with Crippen LogP contribution in [0, 0.1) is 11.3 Å². The van der Waals surface area contributed by atoms with E-state index in [1.165, 1.54) is 0 Å². The molecule has 1 rings (SSSR count). The summed E-state index contributed by atoms with van der Waals surface area (Å²) in [5.74, 6) is 0.589. The van der Waals surface area contributed by atoms with Gasteiger partial charge in [0.1, 0.15) is 0 Å². The lowest BCUT2D eigenvalue weighted by molar-refractivity contribution is -0.136. The van der Waals surface area contributed by atoms with E-state index in [1.54, 1.807) is 0 Å². The van der Waals surface area contributed by atoms with Gasteiger partial charge in [0.25, 0.3) is 0 Å². The van der Waals surface area contributed by atoms with Gasteiger partial charge < -0.3 is 5.32 Å². The minimum absolute atomic E-state index is 0.174. The molecule has 1 nitrogen and oxygen atoms in total. The third-order valence-electron chi connectivity index (χ3n) is 3.39. The predicted octanol–water partition coefficient (Wildman–Crippen LogP) is 3.35. The van der Waals surface area contributed by atoms with Crippen molar-refractivity contribution in [1.29, 1.82) is 0 Å². The van der Waals surface area contributed by atoms with Crippen molar-refractivity contribution in [2.45, 2.75) is 45.7 Å². The first-order valence-corrected chi connectivity index (χ1v) is 5.65. The zero-order chi connectivity index (χ0) is 11.5. The Morgan fingerprint density at radius 2 is 2.07 bits per heavy atom. The summed E-state index contributed by atoms with van der Waals surface area (Å²) in [5.41, 5.74) is 0.174. The van der Waals surface area contributed by atoms with Gasteiger partial charge >= 0.3 is 6.18 Å². The lowest BCUT2D eigenvalue weighted by Crippen LogP contribution is -2.18. The minimum Gasteiger partial charge on any atom is -0.317 e. The van der Waals surface area contributed by atoms with Crippen LogP contribution in [0.4, 0.5) is 13.2 Å². The van der Waals surface area contributed by atoms with E-state index in [4.69, 9.17) is 0 Å². The van der Waals surface area contributed by atoms with E-state index in [-0.39, 0.29) is 11.8 Å². The van der Waals surface area contributed by atoms with E-state index in [2.05, 4.69) is 12.2 Å². The van der Waals surface area contributed by atoms with Gasteiger partial charge in [-0.2, -0.15) is 13.2 Å². The van der Waals surface area contributed by atoms with Gasteiger partial charge in [0.2, 0.25) is 0 Å². The molecule has 0 aromatic carbocycles. The fraction of sp³-hybridized carbons (Fsp3) is 1.00. The van der Waals surface area contributed by atoms with Crippen molar-refractivity contribution in [3.8, 4) is 0 Å². The summed E-state index contributed by atoms with van der Waals surface area (Å²) in [4.78, 5) is 0. The zero-order valence-electron chi connectivity index (χ0n) is 9.45. The van der Waals surface area contributed by atoms with Crippen molar-refractivity contribution in [1.82, 2.24) is 5.32 Å². The predicted molar refractivity (Wildman–Crippen MR) is 54.7 cm³/mol. The number of hydrogen-bond acceptors (Lipinski definition) is 1. The highest BCUT2D eigenvalue weighted by Gasteiger charge is 2.48. The molecular formula is C11H20F3N. The summed E-state index contributed by atoms with van der Waals surface area (Å²) in [7, 11) is 0. The maximum absolute atomic E-state index is 11.9. The van der Waals surface area contributed by atoms with E-state index >= 15 is 0 Å². The number of rotatable bonds is 6. The first-order chi connectivity index (χ1) is 6.87. The topological polar surface area (TPSA) is 12.0 Å². The average molecular weight is 223 g/mol. The first kappa shape index (κ1) is 12.8. The van der Waals surface area contributed by atoms with Crippen LogP contribution in [0.15, 0.2) is 0 Å². The van der Waals surface area contributed by atoms with Gasteiger partial charge in [0.05, 0.1) is 0 Å². The van der Waals surface area contributed by atoms with Crippen LogP contribution < -0.4 is 5.32 Å². The summed E-state index contributed by atoms with van der Waals surface area (Å²) in [5, 5.41) is 3.25. The molecule has 15 heavy (non-hydrogen) atoms. The molecule has 90 valence electrons. The molecule has 1 saturated carbocycles. The van der Waals surface area contributed by atoms with Crippen LogP contribution in [0.5, 0.6) is 0 Å². The molecule has 1 aliphatic rings. The molecule has 0 amide bonds. The molecule has 0 radical (unpaired) electrons. The Kier molecular flexibility index (Phi) is 4.04. The second-order valence-corrected chi connectivity index (χ2v) is 4.83. The third-order valence-corrected chi connectivity index (χ3v) is 3.39. The van der Waals surface area contributed by atoms with E-state index in [1.807, 2.05) is 6.92 Å². The molecule has 0 saturated heterocycles. The van der Waals surface area contributed by atoms with Crippen molar-refractivity contribution >= 4 is 0 Å². The van der Waals surface area contributed by atoms with Crippen molar-refractivity contribution < 1.29 is 13.2 Å². The Bertz CT molecular complexity index is 202. The van der Waals surface area contributed by atoms with Crippen LogP contribution >= 0.6 is 0 Å². The Balaban J connectivity index is 2.12. The van der Waals surface area contributed by atoms with Crippen molar-refractivity contribution in [2.75, 3.05) is 13.1 Å². The number of halogens is 3. The molecule has 0 aromatic rings. The Hall–Kier alpha value is -0.250. The third kappa shape index (κ3) is 4.41. The Morgan fingerprint density at radius 3 is 2.60 bits per heavy atom. The van der Waals surface area contributed by atoms with Crippen LogP contribution in [0.1, 0.15) is 39.5 Å². The van der Waals surface area contributed by atoms with Gasteiger partial charge in [-0.1, -0.05) is 13.8 Å². The molecule has 2 atom stereocenters. The Morgan fingerprint density at radius 1 is 1.40 bits per heavy atom. The van der Waals surface area contributed by atoms with Crippen molar-refractivity contribution in [3.63, 3.8) is 0 Å². The molecule has 0 aromatic heterocycles. The van der Waals surface area contributed by atoms with Gasteiger partial charge in [0.15, 0.2) is 0 Å². The second-order valence-electron chi connectivity index (χ2n) is 4.83. The minimum atomic E-state index is -3.98. The van der Waals surface area contributed by atoms with Gasteiger partial charge in [-0.05, 0) is 43.7 Å². The van der Waals surface area contributed by atoms with Crippen molar-refractivity contribution in [3.05, 3.63) is 0 Å². The molecule has 1 N–H and O–H groups in total. The first-order valence-electron chi connectivity index (χ1n) is 5.65. The van der Waals surface area contributed by atoms with E-state index in [0.29, 0.717) is 12.3 Å². The molecule has 1 fully saturated rings. The maximum atomic E-state index is 11.9. The van der Waals surface area contributed by atoms with Gasteiger partial charge in [-0.15, -0.1) is 0 Å². The smallest absolute Gasteiger partial charge is 0.317 e. The largest absolute Gasteiger partial charge is 0.389 e. The Labute approximate surface area is 89.4 Å². The SMILES string of the molecule is CCNCC1CC1(C)CCCC(F)(F)F. The second kappa shape index (κ2) is 4.73. The molecule has 0 spiro atoms. The standard InChI is InChI=1S/C11H20F3N/c1-3-15-8-9-7-10(9,2)5-4-6-11(12,13)14/h9,15H,3-8H2,1-2H3. The fourth-order valence-electron chi connectivity index (χ4n) is 2.14. The fourth-order valence-corrected chi connectivity index (χ4v) is 2.14. The summed E-state index contributed by atoms with van der Waals surface area (Å²) >= 11 is 0. The van der Waals surface area contributed by atoms with Crippen molar-refractivity contribution in [2.24, 2.45) is 11.3 Å². The lowest BCUT2D eigenvalue weighted by atomic mass is 9.98. The molecule has 2 unspecified atom stereocenters. The molecular weight excluding hydrogens is 203 g/mol. The molecule has 4 heteroatoms. The van der Waals surface area contributed by atoms with Crippen LogP contribution in [0.25, 0.3) is 0 Å². The van der Waals surface area contributed by atoms with Crippen LogP contribution in [-0.2, 0) is 0 Å². The van der Waals surface area contributed by atoms with Crippen LogP contribution in [0.3, 0.4) is 0 Å². The number of nitrogens with one attached hydrogen (secondary N) is 1. The summed E-state index contributed by atoms with van der Waals surface area (Å²) in [6.07, 6.45) is -2.54. The van der Waals surface area contributed by atoms with Crippen LogP contribution in [-0.4, -0.2) is 19.3 Å². The average Bonchev–Trinajstić information content (AvgIpc) is 2.71. The van der Waals surface area contributed by atoms with Gasteiger partial charge in [-0.3, -0.25) is 0 Å². The molecule has 1 aliphatic carbocycles. The van der Waals surface area contributed by atoms with Gasteiger partial charge in [-0.25, -0.2) is 0 Å². The van der Waals surface area contributed by atoms with Crippen LogP contribution in [0.2, 0.25) is 0 Å². The monoisotopic (exact) mass is 223 g/mol. The number of alkyl halides is 3. The maximum Gasteiger partial charge on any atom is 0.389 e. The quantitative estimate of drug-likeness (QED) is 0.728. The highest BCUT2D eigenvalue weighted by Crippen LogP contribution is 2.55. The van der Waals surface area contributed by atoms with E-state index < -0.39 is 12.6 Å².